The van der Waals surface area contributed by atoms with E-state index in [2.05, 4.69) is 10.9 Å². The molecule has 0 atom stereocenters. The van der Waals surface area contributed by atoms with E-state index in [1.165, 1.54) is 11.4 Å². The number of rotatable bonds is 8. The van der Waals surface area contributed by atoms with Gasteiger partial charge in [-0.3, -0.25) is 15.6 Å². The van der Waals surface area contributed by atoms with E-state index in [1.54, 1.807) is 60.7 Å². The molecule has 0 spiro atoms. The molecular weight excluding hydrogens is 458 g/mol. The number of hydrazine groups is 1. The molecule has 172 valence electrons. The number of allylic oxidation sites excluding steroid dienone is 1. The Morgan fingerprint density at radius 1 is 0.970 bits per heavy atom. The molecular formula is C25H26ClN3O3S. The van der Waals surface area contributed by atoms with Crippen molar-refractivity contribution in [3.63, 3.8) is 0 Å². The molecule has 0 aliphatic rings. The van der Waals surface area contributed by atoms with E-state index in [1.807, 2.05) is 32.1 Å². The van der Waals surface area contributed by atoms with Crippen molar-refractivity contribution in [1.82, 2.24) is 15.2 Å². The monoisotopic (exact) mass is 483 g/mol. The second-order valence-corrected chi connectivity index (χ2v) is 10.0. The maximum Gasteiger partial charge on any atom is 0.269 e. The van der Waals surface area contributed by atoms with Crippen LogP contribution >= 0.6 is 11.6 Å². The number of carbonyl (C=O) groups excluding carboxylic acids is 1. The third-order valence-electron chi connectivity index (χ3n) is 5.09. The summed E-state index contributed by atoms with van der Waals surface area (Å²) >= 11 is 6.04. The molecule has 0 aliphatic heterocycles. The molecule has 0 saturated heterocycles. The molecule has 1 amide bonds. The molecule has 0 saturated carbocycles. The first-order chi connectivity index (χ1) is 15.7. The molecule has 3 rings (SSSR count). The highest BCUT2D eigenvalue weighted by atomic mass is 35.5. The molecule has 0 bridgehead atoms. The predicted octanol–water partition coefficient (Wildman–Crippen LogP) is 4.76. The first-order valence-electron chi connectivity index (χ1n) is 10.3. The number of carbonyl (C=O) groups is 1. The minimum atomic E-state index is -3.60. The van der Waals surface area contributed by atoms with Crippen LogP contribution in [0.1, 0.15) is 34.0 Å². The Hall–Kier alpha value is -3.13. The lowest BCUT2D eigenvalue weighted by Crippen LogP contribution is -2.36. The molecule has 33 heavy (non-hydrogen) atoms. The zero-order valence-electron chi connectivity index (χ0n) is 18.7. The van der Waals surface area contributed by atoms with Crippen molar-refractivity contribution in [2.45, 2.75) is 25.3 Å². The van der Waals surface area contributed by atoms with Gasteiger partial charge in [0.25, 0.3) is 5.91 Å². The predicted molar refractivity (Wildman–Crippen MR) is 132 cm³/mol. The minimum absolute atomic E-state index is 0.188. The van der Waals surface area contributed by atoms with Crippen LogP contribution in [-0.2, 0) is 16.6 Å². The standard InChI is InChI=1S/C25H26ClN3O3S/c1-4-24(21-6-5-7-22(26)16-21)27-28-25(30)20-12-10-19(11-13-20)17-29(3)33(31,32)23-14-8-18(2)9-15-23/h4-16,27H,17H2,1-3H3,(H,28,30)/b24-4-. The summed E-state index contributed by atoms with van der Waals surface area (Å²) in [7, 11) is -2.07. The molecule has 0 aliphatic carbocycles. The molecule has 0 radical (unpaired) electrons. The SMILES string of the molecule is C/C=C(\NNC(=O)c1ccc(CN(C)S(=O)(=O)c2ccc(C)cc2)cc1)c1cccc(Cl)c1. The van der Waals surface area contributed by atoms with Crippen LogP contribution in [0.25, 0.3) is 5.70 Å². The van der Waals surface area contributed by atoms with Crippen LogP contribution < -0.4 is 10.9 Å². The number of aryl methyl sites for hydroxylation is 1. The second-order valence-electron chi connectivity index (χ2n) is 7.56. The van der Waals surface area contributed by atoms with Crippen molar-refractivity contribution in [3.05, 3.63) is 106 Å². The van der Waals surface area contributed by atoms with Gasteiger partial charge in [0, 0.05) is 29.7 Å². The van der Waals surface area contributed by atoms with Crippen LogP contribution in [-0.4, -0.2) is 25.7 Å². The lowest BCUT2D eigenvalue weighted by Gasteiger charge is -2.18. The number of amides is 1. The molecule has 0 aromatic heterocycles. The third-order valence-corrected chi connectivity index (χ3v) is 7.14. The highest BCUT2D eigenvalue weighted by Crippen LogP contribution is 2.18. The first-order valence-corrected chi connectivity index (χ1v) is 12.1. The van der Waals surface area contributed by atoms with Gasteiger partial charge in [-0.15, -0.1) is 0 Å². The van der Waals surface area contributed by atoms with E-state index in [-0.39, 0.29) is 17.3 Å². The molecule has 3 aromatic rings. The van der Waals surface area contributed by atoms with Crippen LogP contribution in [0.3, 0.4) is 0 Å². The van der Waals surface area contributed by atoms with Crippen molar-refractivity contribution in [2.24, 2.45) is 0 Å². The number of sulfonamides is 1. The van der Waals surface area contributed by atoms with E-state index in [9.17, 15) is 13.2 Å². The fourth-order valence-corrected chi connectivity index (χ4v) is 4.51. The number of hydrogen-bond acceptors (Lipinski definition) is 4. The summed E-state index contributed by atoms with van der Waals surface area (Å²) in [6.07, 6.45) is 1.83. The largest absolute Gasteiger partial charge is 0.298 e. The van der Waals surface area contributed by atoms with Gasteiger partial charge in [-0.25, -0.2) is 8.42 Å². The number of hydrogen-bond donors (Lipinski definition) is 2. The van der Waals surface area contributed by atoms with Gasteiger partial charge in [0.15, 0.2) is 0 Å². The molecule has 3 aromatic carbocycles. The number of benzene rings is 3. The topological polar surface area (TPSA) is 78.5 Å². The van der Waals surface area contributed by atoms with Crippen LogP contribution in [0.4, 0.5) is 0 Å². The normalized spacial score (nSPS) is 12.0. The lowest BCUT2D eigenvalue weighted by atomic mass is 10.1. The Morgan fingerprint density at radius 2 is 1.64 bits per heavy atom. The smallest absolute Gasteiger partial charge is 0.269 e. The quantitative estimate of drug-likeness (QED) is 0.452. The Balaban J connectivity index is 1.62. The van der Waals surface area contributed by atoms with Crippen LogP contribution in [0, 0.1) is 6.92 Å². The van der Waals surface area contributed by atoms with Crippen LogP contribution in [0.15, 0.2) is 83.8 Å². The Morgan fingerprint density at radius 3 is 2.24 bits per heavy atom. The van der Waals surface area contributed by atoms with Crippen LogP contribution in [0.5, 0.6) is 0 Å². The first kappa shape index (κ1) is 24.5. The fraction of sp³-hybridized carbons (Fsp3) is 0.160. The minimum Gasteiger partial charge on any atom is -0.298 e. The second kappa shape index (κ2) is 10.7. The van der Waals surface area contributed by atoms with Gasteiger partial charge in [0.1, 0.15) is 0 Å². The van der Waals surface area contributed by atoms with E-state index in [0.717, 1.165) is 16.7 Å². The zero-order chi connectivity index (χ0) is 24.0. The molecule has 0 fully saturated rings. The average molecular weight is 484 g/mol. The van der Waals surface area contributed by atoms with Gasteiger partial charge in [-0.2, -0.15) is 4.31 Å². The Kier molecular flexibility index (Phi) is 7.92. The molecule has 0 unspecified atom stereocenters. The number of halogens is 1. The van der Waals surface area contributed by atoms with Crippen molar-refractivity contribution in [1.29, 1.82) is 0 Å². The van der Waals surface area contributed by atoms with Crippen molar-refractivity contribution < 1.29 is 13.2 Å². The van der Waals surface area contributed by atoms with Gasteiger partial charge in [0.2, 0.25) is 10.0 Å². The van der Waals surface area contributed by atoms with Gasteiger partial charge in [-0.1, -0.05) is 59.6 Å². The zero-order valence-corrected chi connectivity index (χ0v) is 20.2. The van der Waals surface area contributed by atoms with Crippen molar-refractivity contribution in [2.75, 3.05) is 7.05 Å². The summed E-state index contributed by atoms with van der Waals surface area (Å²) in [5, 5.41) is 0.602. The highest BCUT2D eigenvalue weighted by Gasteiger charge is 2.20. The maximum atomic E-state index is 12.8. The van der Waals surface area contributed by atoms with E-state index in [0.29, 0.717) is 16.3 Å². The Labute approximate surface area is 199 Å². The fourth-order valence-electron chi connectivity index (χ4n) is 3.16. The van der Waals surface area contributed by atoms with Gasteiger partial charge in [0.05, 0.1) is 10.6 Å². The number of nitrogens with zero attached hydrogens (tertiary/aromatic N) is 1. The van der Waals surface area contributed by atoms with E-state index < -0.39 is 10.0 Å². The highest BCUT2D eigenvalue weighted by molar-refractivity contribution is 7.89. The summed E-state index contributed by atoms with van der Waals surface area (Å²) in [6, 6.07) is 20.8. The summed E-state index contributed by atoms with van der Waals surface area (Å²) < 4.78 is 26.8. The third kappa shape index (κ3) is 6.22. The summed E-state index contributed by atoms with van der Waals surface area (Å²) in [5.74, 6) is -0.316. The van der Waals surface area contributed by atoms with Crippen molar-refractivity contribution >= 4 is 33.2 Å². The molecule has 6 nitrogen and oxygen atoms in total. The lowest BCUT2D eigenvalue weighted by molar-refractivity contribution is 0.0942. The summed E-state index contributed by atoms with van der Waals surface area (Å²) in [5.41, 5.74) is 9.35. The van der Waals surface area contributed by atoms with Gasteiger partial charge in [-0.05, 0) is 55.8 Å². The molecule has 2 N–H and O–H groups in total. The van der Waals surface area contributed by atoms with E-state index in [4.69, 9.17) is 11.6 Å². The average Bonchev–Trinajstić information content (AvgIpc) is 2.80. The summed E-state index contributed by atoms with van der Waals surface area (Å²) in [4.78, 5) is 12.8. The van der Waals surface area contributed by atoms with Crippen molar-refractivity contribution in [3.8, 4) is 0 Å². The number of nitrogens with one attached hydrogen (secondary N) is 2. The van der Waals surface area contributed by atoms with Gasteiger partial charge >= 0.3 is 0 Å². The Bertz CT molecular complexity index is 1250. The van der Waals surface area contributed by atoms with E-state index >= 15 is 0 Å². The summed E-state index contributed by atoms with van der Waals surface area (Å²) in [6.45, 7) is 3.95. The van der Waals surface area contributed by atoms with Gasteiger partial charge < -0.3 is 0 Å². The van der Waals surface area contributed by atoms with Crippen LogP contribution in [0.2, 0.25) is 5.02 Å². The maximum absolute atomic E-state index is 12.8. The molecule has 8 heteroatoms. The molecule has 0 heterocycles.